The third-order valence-corrected chi connectivity index (χ3v) is 5.00. The summed E-state index contributed by atoms with van der Waals surface area (Å²) in [5.41, 5.74) is 2.26. The highest BCUT2D eigenvalue weighted by Crippen LogP contribution is 2.43. The maximum absolute atomic E-state index is 12.7. The number of rotatable bonds is 2. The number of amides is 1. The van der Waals surface area contributed by atoms with Crippen LogP contribution in [0, 0.1) is 0 Å². The predicted octanol–water partition coefficient (Wildman–Crippen LogP) is 3.20. The van der Waals surface area contributed by atoms with E-state index in [0.29, 0.717) is 6.42 Å². The summed E-state index contributed by atoms with van der Waals surface area (Å²) in [5.74, 6) is -0.00590. The van der Waals surface area contributed by atoms with Crippen LogP contribution in [0.4, 0.5) is 0 Å². The SMILES string of the molecule is COC1(C(=O)N(C)C)CCCc2c1[nH]c1cccc(Br)c21. The van der Waals surface area contributed by atoms with Gasteiger partial charge in [-0.05, 0) is 37.0 Å². The van der Waals surface area contributed by atoms with Crippen LogP contribution in [0.15, 0.2) is 22.7 Å². The number of nitrogens with one attached hydrogen (secondary N) is 1. The number of ether oxygens (including phenoxy) is 1. The monoisotopic (exact) mass is 350 g/mol. The van der Waals surface area contributed by atoms with Gasteiger partial charge in [-0.1, -0.05) is 22.0 Å². The normalized spacial score (nSPS) is 21.3. The molecule has 1 aliphatic rings. The van der Waals surface area contributed by atoms with Crippen molar-refractivity contribution in [2.45, 2.75) is 24.9 Å². The highest BCUT2D eigenvalue weighted by molar-refractivity contribution is 9.10. The Morgan fingerprint density at radius 2 is 2.19 bits per heavy atom. The number of hydrogen-bond acceptors (Lipinski definition) is 2. The summed E-state index contributed by atoms with van der Waals surface area (Å²) in [7, 11) is 5.17. The Bertz CT molecular complexity index is 708. The second kappa shape index (κ2) is 5.14. The zero-order valence-corrected chi connectivity index (χ0v) is 14.1. The van der Waals surface area contributed by atoms with Crippen molar-refractivity contribution in [2.75, 3.05) is 21.2 Å². The number of aryl methyl sites for hydroxylation is 1. The van der Waals surface area contributed by atoms with Gasteiger partial charge in [-0.15, -0.1) is 0 Å². The third-order valence-electron chi connectivity index (χ3n) is 4.34. The first-order valence-electron chi connectivity index (χ1n) is 7.07. The van der Waals surface area contributed by atoms with E-state index in [1.807, 2.05) is 18.2 Å². The summed E-state index contributed by atoms with van der Waals surface area (Å²) in [4.78, 5) is 17.8. The number of likely N-dealkylation sites (N-methyl/N-ethyl adjacent to an activating group) is 1. The molecule has 1 aromatic heterocycles. The van der Waals surface area contributed by atoms with E-state index in [0.717, 1.165) is 28.5 Å². The quantitative estimate of drug-likeness (QED) is 0.903. The standard InChI is InChI=1S/C16H19BrN2O2/c1-19(2)15(20)16(21-3)9-5-6-10-13-11(17)7-4-8-12(13)18-14(10)16/h4,7-8,18H,5-6,9H2,1-3H3. The summed E-state index contributed by atoms with van der Waals surface area (Å²) < 4.78 is 6.82. The van der Waals surface area contributed by atoms with E-state index >= 15 is 0 Å². The number of hydrogen-bond donors (Lipinski definition) is 1. The maximum atomic E-state index is 12.7. The zero-order chi connectivity index (χ0) is 15.2. The molecule has 0 bridgehead atoms. The number of aromatic nitrogens is 1. The topological polar surface area (TPSA) is 45.3 Å². The number of halogens is 1. The molecule has 0 saturated heterocycles. The number of nitrogens with zero attached hydrogens (tertiary/aromatic N) is 1. The fourth-order valence-electron chi connectivity index (χ4n) is 3.37. The number of aromatic amines is 1. The van der Waals surface area contributed by atoms with Crippen LogP contribution in [0.3, 0.4) is 0 Å². The molecule has 0 fully saturated rings. The molecule has 1 N–H and O–H groups in total. The van der Waals surface area contributed by atoms with Crippen LogP contribution in [-0.2, 0) is 21.6 Å². The van der Waals surface area contributed by atoms with E-state index in [1.54, 1.807) is 26.1 Å². The van der Waals surface area contributed by atoms with Crippen molar-refractivity contribution in [1.82, 2.24) is 9.88 Å². The minimum Gasteiger partial charge on any atom is -0.362 e. The van der Waals surface area contributed by atoms with E-state index in [9.17, 15) is 4.79 Å². The fraction of sp³-hybridized carbons (Fsp3) is 0.438. The second-order valence-electron chi connectivity index (χ2n) is 5.73. The van der Waals surface area contributed by atoms with Crippen molar-refractivity contribution in [3.8, 4) is 0 Å². The molecule has 1 atom stereocenters. The van der Waals surface area contributed by atoms with Crippen LogP contribution in [0.25, 0.3) is 10.9 Å². The first kappa shape index (κ1) is 14.6. The summed E-state index contributed by atoms with van der Waals surface area (Å²) in [5, 5.41) is 1.17. The molecular weight excluding hydrogens is 332 g/mol. The van der Waals surface area contributed by atoms with E-state index in [1.165, 1.54) is 10.9 Å². The largest absolute Gasteiger partial charge is 0.362 e. The molecule has 1 aliphatic carbocycles. The van der Waals surface area contributed by atoms with E-state index in [-0.39, 0.29) is 5.91 Å². The van der Waals surface area contributed by atoms with Gasteiger partial charge < -0.3 is 14.6 Å². The van der Waals surface area contributed by atoms with Gasteiger partial charge in [0.25, 0.3) is 5.91 Å². The molecule has 4 nitrogen and oxygen atoms in total. The van der Waals surface area contributed by atoms with Crippen molar-refractivity contribution in [3.63, 3.8) is 0 Å². The smallest absolute Gasteiger partial charge is 0.260 e. The summed E-state index contributed by atoms with van der Waals surface area (Å²) in [6.07, 6.45) is 2.61. The van der Waals surface area contributed by atoms with Crippen LogP contribution in [0.5, 0.6) is 0 Å². The highest BCUT2D eigenvalue weighted by atomic mass is 79.9. The van der Waals surface area contributed by atoms with Gasteiger partial charge in [0.2, 0.25) is 0 Å². The van der Waals surface area contributed by atoms with Gasteiger partial charge in [0.15, 0.2) is 5.60 Å². The Hall–Kier alpha value is -1.33. The van der Waals surface area contributed by atoms with Gasteiger partial charge in [-0.2, -0.15) is 0 Å². The Kier molecular flexibility index (Phi) is 3.58. The van der Waals surface area contributed by atoms with Gasteiger partial charge in [0, 0.05) is 36.6 Å². The lowest BCUT2D eigenvalue weighted by atomic mass is 9.81. The van der Waals surface area contributed by atoms with E-state index in [2.05, 4.69) is 20.9 Å². The highest BCUT2D eigenvalue weighted by Gasteiger charge is 2.46. The molecule has 0 saturated carbocycles. The number of methoxy groups -OCH3 is 1. The van der Waals surface area contributed by atoms with E-state index < -0.39 is 5.60 Å². The van der Waals surface area contributed by atoms with Gasteiger partial charge >= 0.3 is 0 Å². The van der Waals surface area contributed by atoms with Crippen molar-refractivity contribution >= 4 is 32.7 Å². The Labute approximate surface area is 132 Å². The molecule has 1 unspecified atom stereocenters. The van der Waals surface area contributed by atoms with Crippen LogP contribution in [0.2, 0.25) is 0 Å². The van der Waals surface area contributed by atoms with Gasteiger partial charge in [-0.3, -0.25) is 4.79 Å². The summed E-state index contributed by atoms with van der Waals surface area (Å²) in [6.45, 7) is 0. The Morgan fingerprint density at radius 1 is 1.43 bits per heavy atom. The number of H-pyrrole nitrogens is 1. The van der Waals surface area contributed by atoms with Crippen molar-refractivity contribution in [2.24, 2.45) is 0 Å². The molecular formula is C16H19BrN2O2. The molecule has 0 spiro atoms. The van der Waals surface area contributed by atoms with Crippen molar-refractivity contribution in [3.05, 3.63) is 33.9 Å². The molecule has 0 radical (unpaired) electrons. The van der Waals surface area contributed by atoms with Gasteiger partial charge in [0.05, 0.1) is 5.69 Å². The van der Waals surface area contributed by atoms with E-state index in [4.69, 9.17) is 4.74 Å². The molecule has 0 aliphatic heterocycles. The average Bonchev–Trinajstić information content (AvgIpc) is 2.86. The molecule has 3 rings (SSSR count). The lowest BCUT2D eigenvalue weighted by Gasteiger charge is -2.36. The Balaban J connectivity index is 2.29. The van der Waals surface area contributed by atoms with Crippen LogP contribution < -0.4 is 0 Å². The fourth-order valence-corrected chi connectivity index (χ4v) is 3.98. The van der Waals surface area contributed by atoms with Crippen molar-refractivity contribution in [1.29, 1.82) is 0 Å². The minimum absolute atomic E-state index is 0.00590. The van der Waals surface area contributed by atoms with Gasteiger partial charge in [0.1, 0.15) is 0 Å². The van der Waals surface area contributed by atoms with Gasteiger partial charge in [-0.25, -0.2) is 0 Å². The Morgan fingerprint density at radius 3 is 2.86 bits per heavy atom. The molecule has 1 amide bonds. The average molecular weight is 351 g/mol. The van der Waals surface area contributed by atoms with Crippen LogP contribution in [-0.4, -0.2) is 37.0 Å². The molecule has 1 heterocycles. The molecule has 21 heavy (non-hydrogen) atoms. The summed E-state index contributed by atoms with van der Waals surface area (Å²) >= 11 is 3.62. The number of carbonyl (C=O) groups is 1. The number of fused-ring (bicyclic) bond motifs is 3. The third kappa shape index (κ3) is 2.02. The van der Waals surface area contributed by atoms with Crippen molar-refractivity contribution < 1.29 is 9.53 Å². The lowest BCUT2D eigenvalue weighted by molar-refractivity contribution is -0.156. The first-order valence-corrected chi connectivity index (χ1v) is 7.87. The molecule has 1 aromatic carbocycles. The van der Waals surface area contributed by atoms with Crippen LogP contribution >= 0.6 is 15.9 Å². The molecule has 112 valence electrons. The number of carbonyl (C=O) groups excluding carboxylic acids is 1. The first-order chi connectivity index (χ1) is 10.0. The number of benzene rings is 1. The zero-order valence-electron chi connectivity index (χ0n) is 12.5. The molecule has 2 aromatic rings. The molecule has 5 heteroatoms. The van der Waals surface area contributed by atoms with Crippen LogP contribution in [0.1, 0.15) is 24.1 Å². The predicted molar refractivity (Wildman–Crippen MR) is 86.3 cm³/mol. The minimum atomic E-state index is -0.893. The second-order valence-corrected chi connectivity index (χ2v) is 6.58. The lowest BCUT2D eigenvalue weighted by Crippen LogP contribution is -2.47. The summed E-state index contributed by atoms with van der Waals surface area (Å²) in [6, 6.07) is 6.07. The maximum Gasteiger partial charge on any atom is 0.260 e.